The first kappa shape index (κ1) is 11.4. The number of nitrogens with two attached hydrogens (primary N) is 1. The number of anilines is 1. The molecule has 2 aliphatic rings. The molecule has 3 atom stereocenters. The van der Waals surface area contributed by atoms with Gasteiger partial charge >= 0.3 is 0 Å². The summed E-state index contributed by atoms with van der Waals surface area (Å²) in [5.41, 5.74) is 6.62. The molecule has 94 valence electrons. The molecule has 3 unspecified atom stereocenters. The molecule has 0 aromatic carbocycles. The average Bonchev–Trinajstić information content (AvgIpc) is 2.84. The summed E-state index contributed by atoms with van der Waals surface area (Å²) in [4.78, 5) is 10.6. The minimum absolute atomic E-state index is 0.302. The van der Waals surface area contributed by atoms with Crippen LogP contribution < -0.4 is 10.6 Å². The van der Waals surface area contributed by atoms with E-state index < -0.39 is 0 Å². The van der Waals surface area contributed by atoms with Crippen LogP contribution in [0.5, 0.6) is 0 Å². The van der Waals surface area contributed by atoms with E-state index in [4.69, 9.17) is 11.0 Å². The molecule has 1 saturated heterocycles. The molecule has 1 saturated carbocycles. The van der Waals surface area contributed by atoms with Crippen molar-refractivity contribution in [1.82, 2.24) is 9.97 Å². The molecule has 1 aromatic rings. The number of nitrogens with zero attached hydrogens (tertiary/aromatic N) is 4. The van der Waals surface area contributed by atoms with Gasteiger partial charge in [-0.25, -0.2) is 9.97 Å². The van der Waals surface area contributed by atoms with Crippen molar-refractivity contribution in [1.29, 1.82) is 5.26 Å². The third kappa shape index (κ3) is 1.83. The van der Waals surface area contributed by atoms with E-state index in [1.165, 1.54) is 12.8 Å². The number of hydrogen-bond acceptors (Lipinski definition) is 5. The van der Waals surface area contributed by atoms with Crippen molar-refractivity contribution in [3.8, 4) is 6.07 Å². The van der Waals surface area contributed by atoms with Gasteiger partial charge in [0.05, 0.1) is 0 Å². The van der Waals surface area contributed by atoms with Crippen molar-refractivity contribution in [2.75, 3.05) is 18.0 Å². The van der Waals surface area contributed by atoms with Gasteiger partial charge in [-0.1, -0.05) is 6.42 Å². The van der Waals surface area contributed by atoms with Crippen molar-refractivity contribution < 1.29 is 0 Å². The zero-order chi connectivity index (χ0) is 12.5. The number of aromatic nitrogens is 2. The monoisotopic (exact) mass is 243 g/mol. The van der Waals surface area contributed by atoms with Crippen LogP contribution >= 0.6 is 0 Å². The zero-order valence-electron chi connectivity index (χ0n) is 10.3. The fourth-order valence-corrected chi connectivity index (χ4v) is 3.33. The van der Waals surface area contributed by atoms with Gasteiger partial charge in [0, 0.05) is 31.5 Å². The number of rotatable bonds is 1. The summed E-state index contributed by atoms with van der Waals surface area (Å²) in [5.74, 6) is 1.93. The van der Waals surface area contributed by atoms with Crippen LogP contribution in [-0.4, -0.2) is 29.1 Å². The summed E-state index contributed by atoms with van der Waals surface area (Å²) in [6.45, 7) is 1.88. The quantitative estimate of drug-likeness (QED) is 0.793. The van der Waals surface area contributed by atoms with E-state index in [0.717, 1.165) is 25.3 Å². The van der Waals surface area contributed by atoms with Crippen molar-refractivity contribution >= 4 is 5.82 Å². The first-order valence-electron chi connectivity index (χ1n) is 6.51. The molecule has 2 fully saturated rings. The molecule has 0 spiro atoms. The van der Waals surface area contributed by atoms with Crippen LogP contribution in [0.3, 0.4) is 0 Å². The molecule has 18 heavy (non-hydrogen) atoms. The minimum atomic E-state index is 0.302. The second-order valence-corrected chi connectivity index (χ2v) is 5.26. The van der Waals surface area contributed by atoms with Crippen molar-refractivity contribution in [3.63, 3.8) is 0 Å². The number of hydrogen-bond donors (Lipinski definition) is 1. The van der Waals surface area contributed by atoms with E-state index >= 15 is 0 Å². The molecular weight excluding hydrogens is 226 g/mol. The first-order valence-corrected chi connectivity index (χ1v) is 6.51. The van der Waals surface area contributed by atoms with E-state index in [9.17, 15) is 0 Å². The lowest BCUT2D eigenvalue weighted by Crippen LogP contribution is -2.38. The first-order chi connectivity index (χ1) is 8.79. The van der Waals surface area contributed by atoms with E-state index in [0.29, 0.717) is 23.6 Å². The highest BCUT2D eigenvalue weighted by atomic mass is 15.2. The van der Waals surface area contributed by atoms with Crippen LogP contribution in [0, 0.1) is 23.2 Å². The summed E-state index contributed by atoms with van der Waals surface area (Å²) in [6.07, 6.45) is 6.81. The van der Waals surface area contributed by atoms with Crippen LogP contribution in [0.2, 0.25) is 0 Å². The van der Waals surface area contributed by atoms with Gasteiger partial charge in [-0.3, -0.25) is 0 Å². The normalized spacial score (nSPS) is 30.9. The van der Waals surface area contributed by atoms with Gasteiger partial charge in [-0.2, -0.15) is 5.26 Å². The minimum Gasteiger partial charge on any atom is -0.354 e. The summed E-state index contributed by atoms with van der Waals surface area (Å²) in [5, 5.41) is 9.09. The van der Waals surface area contributed by atoms with E-state index in [2.05, 4.69) is 20.9 Å². The maximum Gasteiger partial charge on any atom is 0.183 e. The molecular formula is C13H17N5. The molecule has 1 aromatic heterocycles. The molecule has 5 nitrogen and oxygen atoms in total. The molecule has 0 radical (unpaired) electrons. The predicted octanol–water partition coefficient (Wildman–Crippen LogP) is 0.912. The highest BCUT2D eigenvalue weighted by Crippen LogP contribution is 2.37. The van der Waals surface area contributed by atoms with Crippen LogP contribution in [0.1, 0.15) is 25.0 Å². The van der Waals surface area contributed by atoms with Crippen molar-refractivity contribution in [2.24, 2.45) is 17.6 Å². The SMILES string of the molecule is N#Cc1nccnc1N1CC2CCCC(N)C2C1. The smallest absolute Gasteiger partial charge is 0.183 e. The Bertz CT molecular complexity index is 481. The largest absolute Gasteiger partial charge is 0.354 e. The van der Waals surface area contributed by atoms with Crippen LogP contribution in [0.25, 0.3) is 0 Å². The number of fused-ring (bicyclic) bond motifs is 1. The van der Waals surface area contributed by atoms with E-state index in [1.54, 1.807) is 12.4 Å². The maximum atomic E-state index is 9.09. The summed E-state index contributed by atoms with van der Waals surface area (Å²) < 4.78 is 0. The molecule has 1 aliphatic carbocycles. The van der Waals surface area contributed by atoms with Crippen LogP contribution in [0.4, 0.5) is 5.82 Å². The van der Waals surface area contributed by atoms with E-state index in [1.807, 2.05) is 0 Å². The molecule has 2 heterocycles. The standard InChI is InChI=1S/C13H17N5/c14-6-12-13(17-5-4-16-12)18-7-9-2-1-3-11(15)10(9)8-18/h4-5,9-11H,1-3,7-8,15H2. The Labute approximate surface area is 107 Å². The summed E-state index contributed by atoms with van der Waals surface area (Å²) >= 11 is 0. The van der Waals surface area contributed by atoms with Gasteiger partial charge in [-0.05, 0) is 24.7 Å². The fraction of sp³-hybridized carbons (Fsp3) is 0.615. The summed E-state index contributed by atoms with van der Waals surface area (Å²) in [6, 6.07) is 2.42. The topological polar surface area (TPSA) is 78.8 Å². The Morgan fingerprint density at radius 3 is 2.89 bits per heavy atom. The Morgan fingerprint density at radius 1 is 1.28 bits per heavy atom. The second-order valence-electron chi connectivity index (χ2n) is 5.26. The summed E-state index contributed by atoms with van der Waals surface area (Å²) in [7, 11) is 0. The highest BCUT2D eigenvalue weighted by Gasteiger charge is 2.39. The lowest BCUT2D eigenvalue weighted by Gasteiger charge is -2.29. The molecule has 0 amide bonds. The van der Waals surface area contributed by atoms with Gasteiger partial charge in [-0.15, -0.1) is 0 Å². The predicted molar refractivity (Wildman–Crippen MR) is 67.8 cm³/mol. The zero-order valence-corrected chi connectivity index (χ0v) is 10.3. The molecule has 1 aliphatic heterocycles. The van der Waals surface area contributed by atoms with Gasteiger partial charge in [0.25, 0.3) is 0 Å². The third-order valence-corrected chi connectivity index (χ3v) is 4.24. The Morgan fingerprint density at radius 2 is 2.11 bits per heavy atom. The average molecular weight is 243 g/mol. The van der Waals surface area contributed by atoms with Gasteiger partial charge in [0.2, 0.25) is 0 Å². The Kier molecular flexibility index (Phi) is 2.88. The van der Waals surface area contributed by atoms with Crippen LogP contribution in [-0.2, 0) is 0 Å². The Balaban J connectivity index is 1.85. The molecule has 5 heteroatoms. The molecule has 2 N–H and O–H groups in total. The molecule has 3 rings (SSSR count). The van der Waals surface area contributed by atoms with Gasteiger partial charge in [0.15, 0.2) is 11.5 Å². The van der Waals surface area contributed by atoms with Crippen LogP contribution in [0.15, 0.2) is 12.4 Å². The number of nitriles is 1. The lowest BCUT2D eigenvalue weighted by molar-refractivity contribution is 0.260. The molecule has 0 bridgehead atoms. The van der Waals surface area contributed by atoms with Gasteiger partial charge in [0.1, 0.15) is 6.07 Å². The third-order valence-electron chi connectivity index (χ3n) is 4.24. The highest BCUT2D eigenvalue weighted by molar-refractivity contribution is 5.50. The van der Waals surface area contributed by atoms with E-state index in [-0.39, 0.29) is 0 Å². The second kappa shape index (κ2) is 4.54. The van der Waals surface area contributed by atoms with Crippen molar-refractivity contribution in [2.45, 2.75) is 25.3 Å². The lowest BCUT2D eigenvalue weighted by atomic mass is 9.78. The van der Waals surface area contributed by atoms with Crippen molar-refractivity contribution in [3.05, 3.63) is 18.1 Å². The maximum absolute atomic E-state index is 9.09. The van der Waals surface area contributed by atoms with Gasteiger partial charge < -0.3 is 10.6 Å². The Hall–Kier alpha value is -1.67. The fourth-order valence-electron chi connectivity index (χ4n) is 3.33.